The Morgan fingerprint density at radius 3 is 2.63 bits per heavy atom. The van der Waals surface area contributed by atoms with Crippen LogP contribution in [0.4, 0.5) is 8.78 Å². The number of halogens is 2. The highest BCUT2D eigenvalue weighted by Gasteiger charge is 2.53. The first-order chi connectivity index (χ1) is 16.8. The van der Waals surface area contributed by atoms with Crippen LogP contribution in [0.25, 0.3) is 11.4 Å². The number of hydrogen-bond acceptors (Lipinski definition) is 7. The molecule has 0 saturated carbocycles. The number of nitrogens with two attached hydrogens (primary N) is 1. The molecule has 35 heavy (non-hydrogen) atoms. The zero-order valence-corrected chi connectivity index (χ0v) is 18.9. The molecular formula is C24H21F2N5O4. The van der Waals surface area contributed by atoms with E-state index in [9.17, 15) is 13.6 Å². The second-order valence-electron chi connectivity index (χ2n) is 8.02. The molecule has 0 spiro atoms. The Labute approximate surface area is 199 Å². The summed E-state index contributed by atoms with van der Waals surface area (Å²) in [5, 5.41) is 4.01. The van der Waals surface area contributed by atoms with Crippen molar-refractivity contribution in [1.29, 1.82) is 0 Å². The van der Waals surface area contributed by atoms with Crippen LogP contribution in [0.15, 0.2) is 60.2 Å². The van der Waals surface area contributed by atoms with Crippen molar-refractivity contribution < 1.29 is 27.9 Å². The number of ether oxygens (including phenoxy) is 2. The van der Waals surface area contributed by atoms with Crippen LogP contribution in [0, 0.1) is 18.6 Å². The van der Waals surface area contributed by atoms with Gasteiger partial charge in [0.1, 0.15) is 29.8 Å². The lowest BCUT2D eigenvalue weighted by Gasteiger charge is -2.33. The van der Waals surface area contributed by atoms with E-state index in [-0.39, 0.29) is 24.6 Å². The topological polar surface area (TPSA) is 104 Å². The number of imidazole rings is 1. The number of amidine groups is 1. The van der Waals surface area contributed by atoms with E-state index in [4.69, 9.17) is 20.0 Å². The number of carbonyl (C=O) groups excluding carboxylic acids is 1. The largest absolute Gasteiger partial charge is 0.495 e. The van der Waals surface area contributed by atoms with Crippen LogP contribution in [-0.2, 0) is 20.1 Å². The van der Waals surface area contributed by atoms with Gasteiger partial charge in [0.05, 0.1) is 31.4 Å². The molecular weight excluding hydrogens is 460 g/mol. The van der Waals surface area contributed by atoms with Crippen molar-refractivity contribution in [2.75, 3.05) is 20.3 Å². The number of methoxy groups -OCH3 is 1. The lowest BCUT2D eigenvalue weighted by atomic mass is 9.99. The van der Waals surface area contributed by atoms with Gasteiger partial charge in [0.15, 0.2) is 5.84 Å². The lowest BCUT2D eigenvalue weighted by molar-refractivity contribution is -0.160. The number of primary amides is 1. The minimum absolute atomic E-state index is 0.111. The first-order valence-corrected chi connectivity index (χ1v) is 10.7. The fraction of sp³-hybridized carbons (Fsp3) is 0.208. The van der Waals surface area contributed by atoms with Crippen LogP contribution in [0.5, 0.6) is 5.75 Å². The molecule has 180 valence electrons. The Balaban J connectivity index is 1.52. The second kappa shape index (κ2) is 8.42. The molecule has 11 heteroatoms. The van der Waals surface area contributed by atoms with Crippen molar-refractivity contribution >= 4 is 17.5 Å². The van der Waals surface area contributed by atoms with E-state index in [0.717, 1.165) is 23.5 Å². The van der Waals surface area contributed by atoms with E-state index >= 15 is 0 Å². The van der Waals surface area contributed by atoms with Gasteiger partial charge in [-0.3, -0.25) is 9.69 Å². The van der Waals surface area contributed by atoms with E-state index in [1.807, 2.05) is 29.8 Å². The number of rotatable bonds is 5. The van der Waals surface area contributed by atoms with E-state index in [0.29, 0.717) is 23.1 Å². The molecule has 1 amide bonds. The van der Waals surface area contributed by atoms with Crippen molar-refractivity contribution in [2.24, 2.45) is 10.9 Å². The Morgan fingerprint density at radius 1 is 1.20 bits per heavy atom. The van der Waals surface area contributed by atoms with Gasteiger partial charge in [0, 0.05) is 29.5 Å². The van der Waals surface area contributed by atoms with Gasteiger partial charge in [-0.05, 0) is 37.3 Å². The van der Waals surface area contributed by atoms with Crippen LogP contribution < -0.4 is 10.5 Å². The molecule has 2 aliphatic heterocycles. The highest BCUT2D eigenvalue weighted by molar-refractivity contribution is 6.03. The Morgan fingerprint density at radius 2 is 1.97 bits per heavy atom. The molecule has 0 radical (unpaired) electrons. The fourth-order valence-corrected chi connectivity index (χ4v) is 4.20. The first kappa shape index (κ1) is 22.4. The monoisotopic (exact) mass is 481 g/mol. The number of oxime groups is 1. The summed E-state index contributed by atoms with van der Waals surface area (Å²) in [7, 11) is 1.56. The van der Waals surface area contributed by atoms with Gasteiger partial charge in [0.25, 0.3) is 5.91 Å². The summed E-state index contributed by atoms with van der Waals surface area (Å²) < 4.78 is 41.3. The van der Waals surface area contributed by atoms with E-state index in [1.54, 1.807) is 25.6 Å². The third-order valence-electron chi connectivity index (χ3n) is 5.80. The zero-order valence-electron chi connectivity index (χ0n) is 18.9. The molecule has 3 heterocycles. The molecule has 1 unspecified atom stereocenters. The van der Waals surface area contributed by atoms with Gasteiger partial charge >= 0.3 is 5.72 Å². The lowest BCUT2D eigenvalue weighted by Crippen LogP contribution is -2.55. The Kier molecular flexibility index (Phi) is 5.39. The second-order valence-corrected chi connectivity index (χ2v) is 8.02. The summed E-state index contributed by atoms with van der Waals surface area (Å²) >= 11 is 0. The third kappa shape index (κ3) is 3.74. The molecule has 2 aromatic carbocycles. The molecule has 0 bridgehead atoms. The highest BCUT2D eigenvalue weighted by Crippen LogP contribution is 2.38. The van der Waals surface area contributed by atoms with Crippen molar-refractivity contribution in [3.05, 3.63) is 83.5 Å². The number of fused-ring (bicyclic) bond motifs is 1. The number of nitrogens with zero attached hydrogens (tertiary/aromatic N) is 4. The van der Waals surface area contributed by atoms with Crippen molar-refractivity contribution in [3.63, 3.8) is 0 Å². The van der Waals surface area contributed by atoms with Gasteiger partial charge in [-0.1, -0.05) is 5.16 Å². The maximum absolute atomic E-state index is 14.0. The van der Waals surface area contributed by atoms with Gasteiger partial charge in [-0.2, -0.15) is 0 Å². The first-order valence-electron chi connectivity index (χ1n) is 10.7. The maximum atomic E-state index is 14.0. The van der Waals surface area contributed by atoms with E-state index in [1.165, 1.54) is 4.90 Å². The molecule has 2 N–H and O–H groups in total. The summed E-state index contributed by atoms with van der Waals surface area (Å²) in [6.45, 7) is 2.12. The molecule has 2 aliphatic rings. The van der Waals surface area contributed by atoms with Gasteiger partial charge in [0.2, 0.25) is 0 Å². The quantitative estimate of drug-likeness (QED) is 0.601. The molecule has 0 fully saturated rings. The molecule has 1 aromatic heterocycles. The summed E-state index contributed by atoms with van der Waals surface area (Å²) in [6, 6.07) is 8.17. The number of aryl methyl sites for hydroxylation is 1. The van der Waals surface area contributed by atoms with Crippen LogP contribution >= 0.6 is 0 Å². The minimum atomic E-state index is -2.02. The van der Waals surface area contributed by atoms with Crippen molar-refractivity contribution in [1.82, 2.24) is 14.5 Å². The molecule has 9 nitrogen and oxygen atoms in total. The summed E-state index contributed by atoms with van der Waals surface area (Å²) in [4.78, 5) is 23.7. The molecule has 0 aliphatic carbocycles. The van der Waals surface area contributed by atoms with Crippen LogP contribution in [0.2, 0.25) is 0 Å². The average Bonchev–Trinajstić information content (AvgIpc) is 3.35. The SMILES string of the molecule is COc1cc(C2=CC3=NOC(C(N)=O)(c4cc(F)cc(F)c4)N3CCO2)ccc1-n1cnc(C)c1. The van der Waals surface area contributed by atoms with E-state index in [2.05, 4.69) is 10.1 Å². The standard InChI is InChI=1S/C24H21F2N5O4/c1-14-12-30(13-28-14)19-4-3-15(7-21(19)33-2)20-11-22-29-35-24(23(27)32,31(22)5-6-34-20)16-8-17(25)10-18(26)9-16/h3-4,7-13H,5-6H2,1-2H3,(H2,27,32). The number of carbonyl (C=O) groups is 1. The van der Waals surface area contributed by atoms with Gasteiger partial charge in [-0.15, -0.1) is 0 Å². The van der Waals surface area contributed by atoms with Crippen molar-refractivity contribution in [2.45, 2.75) is 12.6 Å². The molecule has 3 aromatic rings. The summed E-state index contributed by atoms with van der Waals surface area (Å²) in [6.07, 6.45) is 5.14. The smallest absolute Gasteiger partial charge is 0.315 e. The number of benzene rings is 2. The normalized spacial score (nSPS) is 19.1. The van der Waals surface area contributed by atoms with Gasteiger partial charge in [-0.25, -0.2) is 13.8 Å². The van der Waals surface area contributed by atoms with E-state index < -0.39 is 23.3 Å². The van der Waals surface area contributed by atoms with Crippen LogP contribution in [0.3, 0.4) is 0 Å². The summed E-state index contributed by atoms with van der Waals surface area (Å²) in [5.74, 6) is -1.49. The number of aromatic nitrogens is 2. The predicted octanol–water partition coefficient (Wildman–Crippen LogP) is 2.82. The van der Waals surface area contributed by atoms with Gasteiger partial charge < -0.3 is 24.6 Å². The predicted molar refractivity (Wildman–Crippen MR) is 121 cm³/mol. The zero-order chi connectivity index (χ0) is 24.7. The molecule has 5 rings (SSSR count). The minimum Gasteiger partial charge on any atom is -0.495 e. The van der Waals surface area contributed by atoms with Crippen molar-refractivity contribution in [3.8, 4) is 11.4 Å². The number of amides is 1. The molecule has 0 saturated heterocycles. The number of hydrogen-bond donors (Lipinski definition) is 1. The average molecular weight is 481 g/mol. The maximum Gasteiger partial charge on any atom is 0.315 e. The Bertz CT molecular complexity index is 1370. The Hall–Kier alpha value is -4.41. The fourth-order valence-electron chi connectivity index (χ4n) is 4.20. The van der Waals surface area contributed by atoms with Crippen LogP contribution in [0.1, 0.15) is 16.8 Å². The summed E-state index contributed by atoms with van der Waals surface area (Å²) in [5.41, 5.74) is 5.87. The third-order valence-corrected chi connectivity index (χ3v) is 5.80. The van der Waals surface area contributed by atoms with Crippen LogP contribution in [-0.4, -0.2) is 46.5 Å². The highest BCUT2D eigenvalue weighted by atomic mass is 19.1. The molecule has 1 atom stereocenters.